The summed E-state index contributed by atoms with van der Waals surface area (Å²) in [6.07, 6.45) is -2.93. The highest BCUT2D eigenvalue weighted by Gasteiger charge is 2.28. The summed E-state index contributed by atoms with van der Waals surface area (Å²) in [4.78, 5) is 21.9. The average molecular weight is 513 g/mol. The highest BCUT2D eigenvalue weighted by molar-refractivity contribution is 5.90. The number of hydrogen-bond acceptors (Lipinski definition) is 6. The third-order valence-corrected chi connectivity index (χ3v) is 5.21. The molecule has 4 rings (SSSR count). The normalized spacial score (nSPS) is 11.3. The maximum Gasteiger partial charge on any atom is 0.422 e. The number of aromatic nitrogens is 2. The number of rotatable bonds is 6. The lowest BCUT2D eigenvalue weighted by Crippen LogP contribution is -2.22. The number of pyridine rings is 2. The number of halogens is 3. The van der Waals surface area contributed by atoms with Crippen LogP contribution in [0.1, 0.15) is 19.4 Å². The zero-order chi connectivity index (χ0) is 27.2. The molecule has 7 nitrogen and oxygen atoms in total. The van der Waals surface area contributed by atoms with E-state index < -0.39 is 18.3 Å². The van der Waals surface area contributed by atoms with Gasteiger partial charge in [-0.1, -0.05) is 19.9 Å². The molecule has 194 valence electrons. The predicted octanol–water partition coefficient (Wildman–Crippen LogP) is 5.66. The number of nitrogen functional groups attached to an aromatic ring is 1. The van der Waals surface area contributed by atoms with Crippen LogP contribution in [0.4, 0.5) is 18.9 Å². The zero-order valence-electron chi connectivity index (χ0n) is 20.8. The van der Waals surface area contributed by atoms with Crippen molar-refractivity contribution in [2.24, 2.45) is 4.99 Å². The van der Waals surface area contributed by atoms with Crippen molar-refractivity contribution in [3.05, 3.63) is 76.6 Å². The van der Waals surface area contributed by atoms with E-state index in [-0.39, 0.29) is 11.5 Å². The fourth-order valence-corrected chi connectivity index (χ4v) is 3.57. The molecule has 0 aliphatic rings. The van der Waals surface area contributed by atoms with E-state index in [2.05, 4.69) is 9.98 Å². The van der Waals surface area contributed by atoms with Crippen LogP contribution in [0.3, 0.4) is 0 Å². The van der Waals surface area contributed by atoms with Gasteiger partial charge in [-0.05, 0) is 54.1 Å². The van der Waals surface area contributed by atoms with E-state index in [1.807, 2.05) is 13.8 Å². The highest BCUT2D eigenvalue weighted by atomic mass is 19.4. The van der Waals surface area contributed by atoms with Crippen LogP contribution in [0.25, 0.3) is 27.8 Å². The summed E-state index contributed by atoms with van der Waals surface area (Å²) < 4.78 is 49.3. The van der Waals surface area contributed by atoms with E-state index in [0.29, 0.717) is 39.2 Å². The van der Waals surface area contributed by atoms with E-state index in [1.54, 1.807) is 67.9 Å². The van der Waals surface area contributed by atoms with Crippen molar-refractivity contribution in [3.8, 4) is 28.4 Å². The number of methoxy groups -OCH3 is 1. The van der Waals surface area contributed by atoms with Gasteiger partial charge < -0.3 is 15.2 Å². The molecule has 10 heteroatoms. The highest BCUT2D eigenvalue weighted by Crippen LogP contribution is 2.27. The van der Waals surface area contributed by atoms with Gasteiger partial charge in [0.15, 0.2) is 12.3 Å². The number of fused-ring (bicyclic) bond motifs is 1. The largest absolute Gasteiger partial charge is 0.497 e. The summed E-state index contributed by atoms with van der Waals surface area (Å²) in [5.74, 6) is 0.324. The number of nitrogens with zero attached hydrogens (tertiary/aromatic N) is 3. The lowest BCUT2D eigenvalue weighted by atomic mass is 10.0. The molecule has 2 aromatic heterocycles. The van der Waals surface area contributed by atoms with Crippen molar-refractivity contribution < 1.29 is 22.6 Å². The Bertz CT molecular complexity index is 1460. The number of alkyl halides is 3. The second-order valence-corrected chi connectivity index (χ2v) is 7.59. The summed E-state index contributed by atoms with van der Waals surface area (Å²) >= 11 is 0. The quantitative estimate of drug-likeness (QED) is 0.266. The molecule has 0 unspecified atom stereocenters. The van der Waals surface area contributed by atoms with Gasteiger partial charge in [-0.3, -0.25) is 14.4 Å². The SMILES string of the molecule is CC.CN=Cc1cc(-c2cc3ccc(OCC(F)(F)F)nc3n(-c3ccc(OC)cc3)c2=O)ccc1N. The fourth-order valence-electron chi connectivity index (χ4n) is 3.57. The molecule has 0 saturated carbocycles. The van der Waals surface area contributed by atoms with Gasteiger partial charge in [0.05, 0.1) is 12.8 Å². The minimum absolute atomic E-state index is 0.148. The van der Waals surface area contributed by atoms with Gasteiger partial charge in [-0.15, -0.1) is 0 Å². The molecule has 0 fully saturated rings. The van der Waals surface area contributed by atoms with Crippen molar-refractivity contribution in [2.45, 2.75) is 20.0 Å². The molecule has 0 bridgehead atoms. The number of ether oxygens (including phenoxy) is 2. The molecule has 0 aliphatic carbocycles. The van der Waals surface area contributed by atoms with E-state index in [1.165, 1.54) is 17.7 Å². The Morgan fingerprint density at radius 2 is 1.76 bits per heavy atom. The molecule has 37 heavy (non-hydrogen) atoms. The number of hydrogen-bond donors (Lipinski definition) is 1. The molecule has 0 saturated heterocycles. The number of aliphatic imine (C=N–C) groups is 1. The van der Waals surface area contributed by atoms with Crippen molar-refractivity contribution in [3.63, 3.8) is 0 Å². The topological polar surface area (TPSA) is 91.7 Å². The maximum absolute atomic E-state index is 13.7. The van der Waals surface area contributed by atoms with Crippen LogP contribution in [0.15, 0.2) is 70.5 Å². The van der Waals surface area contributed by atoms with Crippen LogP contribution >= 0.6 is 0 Å². The minimum Gasteiger partial charge on any atom is -0.497 e. The van der Waals surface area contributed by atoms with Crippen molar-refractivity contribution >= 4 is 22.9 Å². The van der Waals surface area contributed by atoms with Crippen LogP contribution in [-0.2, 0) is 0 Å². The van der Waals surface area contributed by atoms with Gasteiger partial charge >= 0.3 is 6.18 Å². The van der Waals surface area contributed by atoms with Crippen molar-refractivity contribution in [1.29, 1.82) is 0 Å². The van der Waals surface area contributed by atoms with Gasteiger partial charge in [-0.25, -0.2) is 0 Å². The van der Waals surface area contributed by atoms with Crippen molar-refractivity contribution in [1.82, 2.24) is 9.55 Å². The standard InChI is InChI=1S/C25H21F3N4O3.C2H6/c1-30-13-17-11-15(3-9-21(17)29)20-12-16-4-10-22(35-14-25(26,27)28)31-23(16)32(24(20)33)18-5-7-19(34-2)8-6-18;1-2/h3-13H,14,29H2,1-2H3;1-2H3. The molecular weight excluding hydrogens is 485 g/mol. The molecule has 0 atom stereocenters. The Hall–Kier alpha value is -4.34. The monoisotopic (exact) mass is 512 g/mol. The second-order valence-electron chi connectivity index (χ2n) is 7.59. The smallest absolute Gasteiger partial charge is 0.422 e. The Balaban J connectivity index is 0.00000186. The maximum atomic E-state index is 13.7. The van der Waals surface area contributed by atoms with E-state index in [9.17, 15) is 18.0 Å². The first kappa shape index (κ1) is 27.3. The molecule has 0 amide bonds. The Labute approximate surface area is 212 Å². The summed E-state index contributed by atoms with van der Waals surface area (Å²) in [6.45, 7) is 2.50. The van der Waals surface area contributed by atoms with Crippen molar-refractivity contribution in [2.75, 3.05) is 26.5 Å². The molecule has 2 N–H and O–H groups in total. The van der Waals surface area contributed by atoms with Crippen LogP contribution in [0.2, 0.25) is 0 Å². The Kier molecular flexibility index (Phi) is 8.54. The van der Waals surface area contributed by atoms with Crippen LogP contribution < -0.4 is 20.8 Å². The minimum atomic E-state index is -4.52. The first-order chi connectivity index (χ1) is 17.7. The van der Waals surface area contributed by atoms with E-state index in [0.717, 1.165) is 0 Å². The third kappa shape index (κ3) is 6.27. The number of nitrogens with two attached hydrogens (primary N) is 1. The van der Waals surface area contributed by atoms with Crippen LogP contribution in [0, 0.1) is 0 Å². The summed E-state index contributed by atoms with van der Waals surface area (Å²) in [5.41, 5.74) is 8.29. The summed E-state index contributed by atoms with van der Waals surface area (Å²) in [5, 5.41) is 0.525. The average Bonchev–Trinajstić information content (AvgIpc) is 2.89. The number of benzene rings is 2. The van der Waals surface area contributed by atoms with E-state index >= 15 is 0 Å². The first-order valence-electron chi connectivity index (χ1n) is 11.4. The van der Waals surface area contributed by atoms with E-state index in [4.69, 9.17) is 15.2 Å². The molecule has 2 aromatic carbocycles. The number of anilines is 1. The van der Waals surface area contributed by atoms with Gasteiger partial charge in [0, 0.05) is 41.5 Å². The van der Waals surface area contributed by atoms with Gasteiger partial charge in [0.25, 0.3) is 5.56 Å². The molecule has 4 aromatic rings. The fraction of sp³-hybridized carbons (Fsp3) is 0.222. The van der Waals surface area contributed by atoms with Crippen LogP contribution in [-0.4, -0.2) is 42.7 Å². The molecule has 2 heterocycles. The third-order valence-electron chi connectivity index (χ3n) is 5.21. The van der Waals surface area contributed by atoms with Gasteiger partial charge in [-0.2, -0.15) is 18.2 Å². The van der Waals surface area contributed by atoms with Gasteiger partial charge in [0.1, 0.15) is 5.75 Å². The molecule has 0 spiro atoms. The zero-order valence-corrected chi connectivity index (χ0v) is 20.8. The van der Waals surface area contributed by atoms with Crippen LogP contribution in [0.5, 0.6) is 11.6 Å². The molecule has 0 radical (unpaired) electrons. The van der Waals surface area contributed by atoms with Gasteiger partial charge in [0.2, 0.25) is 5.88 Å². The first-order valence-corrected chi connectivity index (χ1v) is 11.4. The lowest BCUT2D eigenvalue weighted by Gasteiger charge is -2.15. The predicted molar refractivity (Wildman–Crippen MR) is 140 cm³/mol. The summed E-state index contributed by atoms with van der Waals surface area (Å²) in [7, 11) is 3.13. The Morgan fingerprint density at radius 1 is 1.05 bits per heavy atom. The second kappa shape index (κ2) is 11.6. The summed E-state index contributed by atoms with van der Waals surface area (Å²) in [6, 6.07) is 16.3. The molecular formula is C27H27F3N4O3. The Morgan fingerprint density at radius 3 is 2.38 bits per heavy atom. The molecule has 0 aliphatic heterocycles. The lowest BCUT2D eigenvalue weighted by molar-refractivity contribution is -0.154.